The predicted octanol–water partition coefficient (Wildman–Crippen LogP) is 2.27. The van der Waals surface area contributed by atoms with Crippen molar-refractivity contribution in [3.05, 3.63) is 76.3 Å². The normalized spacial score (nSPS) is 16.5. The summed E-state index contributed by atoms with van der Waals surface area (Å²) >= 11 is 1.67. The molecular formula is C23H24N4O3S. The maximum atomic E-state index is 13.2. The van der Waals surface area contributed by atoms with Crippen LogP contribution < -0.4 is 5.69 Å². The van der Waals surface area contributed by atoms with Gasteiger partial charge in [-0.3, -0.25) is 14.2 Å². The minimum absolute atomic E-state index is 0.0536. The summed E-state index contributed by atoms with van der Waals surface area (Å²) in [6, 6.07) is 13.2. The molecule has 4 rings (SSSR count). The molecule has 2 amide bonds. The van der Waals surface area contributed by atoms with E-state index in [1.807, 2.05) is 36.6 Å². The zero-order chi connectivity index (χ0) is 21.8. The third kappa shape index (κ3) is 4.59. The molecule has 31 heavy (non-hydrogen) atoms. The van der Waals surface area contributed by atoms with Crippen molar-refractivity contribution < 1.29 is 9.59 Å². The Morgan fingerprint density at radius 2 is 2.03 bits per heavy atom. The summed E-state index contributed by atoms with van der Waals surface area (Å²) in [4.78, 5) is 46.4. The molecule has 0 spiro atoms. The number of hydrogen-bond acceptors (Lipinski definition) is 5. The van der Waals surface area contributed by atoms with Gasteiger partial charge in [0.25, 0.3) is 0 Å². The molecule has 160 valence electrons. The molecule has 3 aromatic rings. The molecule has 1 saturated heterocycles. The highest BCUT2D eigenvalue weighted by molar-refractivity contribution is 7.13. The van der Waals surface area contributed by atoms with Gasteiger partial charge in [0, 0.05) is 43.3 Å². The van der Waals surface area contributed by atoms with Crippen molar-refractivity contribution >= 4 is 23.2 Å². The van der Waals surface area contributed by atoms with Gasteiger partial charge in [-0.1, -0.05) is 30.3 Å². The SMILES string of the molecule is CCN1CCN(C(=O)Cn2cccnc2=O)C(Cc2cccc(-c3cccs3)c2)C1=O. The number of thiophene rings is 1. The highest BCUT2D eigenvalue weighted by Crippen LogP contribution is 2.26. The number of carbonyl (C=O) groups is 2. The molecule has 1 fully saturated rings. The summed E-state index contributed by atoms with van der Waals surface area (Å²) < 4.78 is 1.27. The van der Waals surface area contributed by atoms with Crippen molar-refractivity contribution in [2.45, 2.75) is 25.9 Å². The largest absolute Gasteiger partial charge is 0.347 e. The van der Waals surface area contributed by atoms with Gasteiger partial charge in [-0.05, 0) is 35.6 Å². The first-order valence-electron chi connectivity index (χ1n) is 10.3. The topological polar surface area (TPSA) is 75.5 Å². The molecule has 0 saturated carbocycles. The monoisotopic (exact) mass is 436 g/mol. The maximum Gasteiger partial charge on any atom is 0.347 e. The number of rotatable bonds is 6. The number of likely N-dealkylation sites (N-methyl/N-ethyl adjacent to an activating group) is 1. The van der Waals surface area contributed by atoms with Gasteiger partial charge in [-0.2, -0.15) is 0 Å². The van der Waals surface area contributed by atoms with E-state index in [0.29, 0.717) is 26.1 Å². The fourth-order valence-electron chi connectivity index (χ4n) is 3.91. The lowest BCUT2D eigenvalue weighted by Crippen LogP contribution is -2.60. The lowest BCUT2D eigenvalue weighted by molar-refractivity contribution is -0.151. The summed E-state index contributed by atoms with van der Waals surface area (Å²) in [6.07, 6.45) is 3.37. The summed E-state index contributed by atoms with van der Waals surface area (Å²) in [5, 5.41) is 2.03. The first-order chi connectivity index (χ1) is 15.1. The van der Waals surface area contributed by atoms with E-state index in [1.54, 1.807) is 27.2 Å². The van der Waals surface area contributed by atoms with E-state index in [-0.39, 0.29) is 18.4 Å². The Kier molecular flexibility index (Phi) is 6.27. The van der Waals surface area contributed by atoms with Crippen LogP contribution in [0.1, 0.15) is 12.5 Å². The van der Waals surface area contributed by atoms with Gasteiger partial charge in [0.05, 0.1) is 0 Å². The van der Waals surface area contributed by atoms with Crippen LogP contribution in [0.15, 0.2) is 65.0 Å². The minimum atomic E-state index is -0.591. The molecule has 1 atom stereocenters. The van der Waals surface area contributed by atoms with E-state index in [2.05, 4.69) is 17.1 Å². The van der Waals surface area contributed by atoms with Gasteiger partial charge < -0.3 is 9.80 Å². The quantitative estimate of drug-likeness (QED) is 0.594. The Bertz CT molecular complexity index is 1130. The number of benzene rings is 1. The van der Waals surface area contributed by atoms with Gasteiger partial charge in [-0.25, -0.2) is 9.78 Å². The van der Waals surface area contributed by atoms with Gasteiger partial charge in [0.15, 0.2) is 0 Å². The van der Waals surface area contributed by atoms with E-state index in [4.69, 9.17) is 0 Å². The summed E-state index contributed by atoms with van der Waals surface area (Å²) in [5.74, 6) is -0.305. The van der Waals surface area contributed by atoms with Gasteiger partial charge in [0.1, 0.15) is 12.6 Å². The number of carbonyl (C=O) groups excluding carboxylic acids is 2. The predicted molar refractivity (Wildman–Crippen MR) is 120 cm³/mol. The van der Waals surface area contributed by atoms with Crippen LogP contribution in [-0.2, 0) is 22.6 Å². The Hall–Kier alpha value is -3.26. The first-order valence-corrected chi connectivity index (χ1v) is 11.2. The van der Waals surface area contributed by atoms with Crippen molar-refractivity contribution in [3.8, 4) is 10.4 Å². The van der Waals surface area contributed by atoms with Crippen molar-refractivity contribution in [2.75, 3.05) is 19.6 Å². The van der Waals surface area contributed by atoms with Crippen LogP contribution in [0.5, 0.6) is 0 Å². The number of hydrogen-bond donors (Lipinski definition) is 0. The van der Waals surface area contributed by atoms with Crippen LogP contribution in [0.4, 0.5) is 0 Å². The van der Waals surface area contributed by atoms with E-state index >= 15 is 0 Å². The Labute approximate surface area is 184 Å². The lowest BCUT2D eigenvalue weighted by atomic mass is 9.99. The maximum absolute atomic E-state index is 13.2. The van der Waals surface area contributed by atoms with Gasteiger partial charge >= 0.3 is 5.69 Å². The minimum Gasteiger partial charge on any atom is -0.339 e. The zero-order valence-electron chi connectivity index (χ0n) is 17.3. The second kappa shape index (κ2) is 9.26. The summed E-state index contributed by atoms with van der Waals surface area (Å²) in [7, 11) is 0. The molecule has 1 aliphatic heterocycles. The first kappa shape index (κ1) is 21.0. The molecule has 7 nitrogen and oxygen atoms in total. The van der Waals surface area contributed by atoms with E-state index < -0.39 is 11.7 Å². The van der Waals surface area contributed by atoms with E-state index in [9.17, 15) is 14.4 Å². The molecule has 0 radical (unpaired) electrons. The van der Waals surface area contributed by atoms with Crippen LogP contribution in [-0.4, -0.2) is 56.8 Å². The molecule has 0 N–H and O–H groups in total. The molecule has 0 bridgehead atoms. The molecule has 0 aliphatic carbocycles. The highest BCUT2D eigenvalue weighted by Gasteiger charge is 2.36. The summed E-state index contributed by atoms with van der Waals surface area (Å²) in [6.45, 7) is 3.36. The number of piperazine rings is 1. The molecule has 3 heterocycles. The van der Waals surface area contributed by atoms with Gasteiger partial charge in [-0.15, -0.1) is 11.3 Å². The van der Waals surface area contributed by atoms with Crippen molar-refractivity contribution in [2.24, 2.45) is 0 Å². The zero-order valence-corrected chi connectivity index (χ0v) is 18.1. The molecule has 1 aromatic carbocycles. The van der Waals surface area contributed by atoms with Crippen molar-refractivity contribution in [1.29, 1.82) is 0 Å². The highest BCUT2D eigenvalue weighted by atomic mass is 32.1. The molecular weight excluding hydrogens is 412 g/mol. The molecule has 1 unspecified atom stereocenters. The van der Waals surface area contributed by atoms with Crippen LogP contribution in [0, 0.1) is 0 Å². The number of nitrogens with zero attached hydrogens (tertiary/aromatic N) is 4. The smallest absolute Gasteiger partial charge is 0.339 e. The fraction of sp³-hybridized carbons (Fsp3) is 0.304. The third-order valence-corrected chi connectivity index (χ3v) is 6.45. The van der Waals surface area contributed by atoms with Crippen molar-refractivity contribution in [3.63, 3.8) is 0 Å². The van der Waals surface area contributed by atoms with E-state index in [0.717, 1.165) is 16.0 Å². The van der Waals surface area contributed by atoms with E-state index in [1.165, 1.54) is 17.0 Å². The van der Waals surface area contributed by atoms with Gasteiger partial charge in [0.2, 0.25) is 11.8 Å². The fourth-order valence-corrected chi connectivity index (χ4v) is 4.63. The summed E-state index contributed by atoms with van der Waals surface area (Å²) in [5.41, 5.74) is 1.62. The Morgan fingerprint density at radius 3 is 2.77 bits per heavy atom. The molecule has 1 aliphatic rings. The van der Waals surface area contributed by atoms with Crippen molar-refractivity contribution in [1.82, 2.24) is 19.4 Å². The average molecular weight is 437 g/mol. The molecule has 2 aromatic heterocycles. The molecule has 8 heteroatoms. The average Bonchev–Trinajstić information content (AvgIpc) is 3.32. The van der Waals surface area contributed by atoms with Crippen LogP contribution in [0.2, 0.25) is 0 Å². The number of amides is 2. The van der Waals surface area contributed by atoms with Crippen LogP contribution in [0.3, 0.4) is 0 Å². The second-order valence-corrected chi connectivity index (χ2v) is 8.38. The third-order valence-electron chi connectivity index (χ3n) is 5.54. The standard InChI is InChI=1S/C23H24N4O3S/c1-2-25-11-12-27(21(28)16-26-10-5-9-24-23(26)30)19(22(25)29)15-17-6-3-7-18(14-17)20-8-4-13-31-20/h3-10,13-14,19H,2,11-12,15-16H2,1H3. The Balaban J connectivity index is 1.59. The van der Waals surface area contributed by atoms with Crippen LogP contribution >= 0.6 is 11.3 Å². The van der Waals surface area contributed by atoms with Crippen LogP contribution in [0.25, 0.3) is 10.4 Å². The Morgan fingerprint density at radius 1 is 1.16 bits per heavy atom. The lowest BCUT2D eigenvalue weighted by Gasteiger charge is -2.40. The second-order valence-electron chi connectivity index (χ2n) is 7.43. The number of aromatic nitrogens is 2.